The summed E-state index contributed by atoms with van der Waals surface area (Å²) in [4.78, 5) is 12.3. The van der Waals surface area contributed by atoms with Gasteiger partial charge in [-0.2, -0.15) is 0 Å². The first-order chi connectivity index (χ1) is 3.30. The molecule has 2 nitrogen and oxygen atoms in total. The van der Waals surface area contributed by atoms with E-state index in [4.69, 9.17) is 0 Å². The van der Waals surface area contributed by atoms with E-state index in [2.05, 4.69) is 0 Å². The van der Waals surface area contributed by atoms with Gasteiger partial charge in [-0.15, -0.1) is 0 Å². The summed E-state index contributed by atoms with van der Waals surface area (Å²) in [6, 6.07) is 0. The third-order valence-electron chi connectivity index (χ3n) is 1.31. The van der Waals surface area contributed by atoms with Crippen molar-refractivity contribution < 1.29 is 40.6 Å². The molecule has 1 aliphatic heterocycles. The molecule has 9 heavy (non-hydrogen) atoms. The van der Waals surface area contributed by atoms with Crippen LogP contribution in [-0.4, -0.2) is 24.4 Å². The fraction of sp³-hybridized carbons (Fsp3) is 0.800. The standard InChI is InChI=1S/C5H9NO.BrH.Li/c1-6-4-2-3-5(6)7;;/h2-4H2,1H3;1H;/q;;+1/p-1. The second-order valence-corrected chi connectivity index (χ2v) is 1.92. The minimum atomic E-state index is 0. The second kappa shape index (κ2) is 5.34. The maximum absolute atomic E-state index is 10.5. The fourth-order valence-corrected chi connectivity index (χ4v) is 0.783. The minimum Gasteiger partial charge on any atom is -1.00 e. The third kappa shape index (κ3) is 3.29. The zero-order valence-corrected chi connectivity index (χ0v) is 7.44. The van der Waals surface area contributed by atoms with Crippen LogP contribution in [0.2, 0.25) is 0 Å². The molecule has 0 bridgehead atoms. The number of halogens is 1. The van der Waals surface area contributed by atoms with Gasteiger partial charge in [0.15, 0.2) is 0 Å². The molecule has 4 heteroatoms. The molecule has 48 valence electrons. The van der Waals surface area contributed by atoms with Gasteiger partial charge >= 0.3 is 18.9 Å². The minimum absolute atomic E-state index is 0. The molecule has 1 rings (SSSR count). The molecule has 0 N–H and O–H groups in total. The summed E-state index contributed by atoms with van der Waals surface area (Å²) < 4.78 is 0. The predicted octanol–water partition coefficient (Wildman–Crippen LogP) is -5.75. The largest absolute Gasteiger partial charge is 1.00 e. The Kier molecular flexibility index (Phi) is 7.27. The summed E-state index contributed by atoms with van der Waals surface area (Å²) in [6.07, 6.45) is 1.81. The first-order valence-corrected chi connectivity index (χ1v) is 2.54. The molecule has 0 aliphatic carbocycles. The second-order valence-electron chi connectivity index (χ2n) is 1.92. The average molecular weight is 186 g/mol. The number of hydrogen-bond acceptors (Lipinski definition) is 1. The summed E-state index contributed by atoms with van der Waals surface area (Å²) >= 11 is 0. The monoisotopic (exact) mass is 185 g/mol. The van der Waals surface area contributed by atoms with Crippen molar-refractivity contribution in [3.05, 3.63) is 0 Å². The SMILES string of the molecule is CN1CCCC1=O.[Br-].[Li+]. The van der Waals surface area contributed by atoms with E-state index in [1.807, 2.05) is 7.05 Å². The number of likely N-dealkylation sites (tertiary alicyclic amines) is 1. The summed E-state index contributed by atoms with van der Waals surface area (Å²) in [7, 11) is 1.84. The van der Waals surface area contributed by atoms with Crippen LogP contribution >= 0.6 is 0 Å². The van der Waals surface area contributed by atoms with Crippen LogP contribution in [0.25, 0.3) is 0 Å². The van der Waals surface area contributed by atoms with Crippen LogP contribution in [0.5, 0.6) is 0 Å². The number of nitrogens with zero attached hydrogens (tertiary/aromatic N) is 1. The summed E-state index contributed by atoms with van der Waals surface area (Å²) in [5.74, 6) is 0.292. The molecule has 1 saturated heterocycles. The van der Waals surface area contributed by atoms with E-state index >= 15 is 0 Å². The normalized spacial score (nSPS) is 16.6. The Bertz CT molecular complexity index is 99.0. The Hall–Kier alpha value is 0.547. The van der Waals surface area contributed by atoms with Crippen LogP contribution in [0, 0.1) is 0 Å². The zero-order valence-electron chi connectivity index (χ0n) is 5.85. The van der Waals surface area contributed by atoms with Gasteiger partial charge in [0.1, 0.15) is 0 Å². The van der Waals surface area contributed by atoms with Gasteiger partial charge in [-0.3, -0.25) is 4.79 Å². The Morgan fingerprint density at radius 2 is 2.11 bits per heavy atom. The van der Waals surface area contributed by atoms with Crippen molar-refractivity contribution in [1.82, 2.24) is 4.90 Å². The van der Waals surface area contributed by atoms with Crippen LogP contribution in [0.15, 0.2) is 0 Å². The van der Waals surface area contributed by atoms with Crippen molar-refractivity contribution in [3.63, 3.8) is 0 Å². The fourth-order valence-electron chi connectivity index (χ4n) is 0.783. The molecular formula is C5H9BrLiNO. The van der Waals surface area contributed by atoms with Crippen LogP contribution in [0.4, 0.5) is 0 Å². The Morgan fingerprint density at radius 1 is 1.56 bits per heavy atom. The van der Waals surface area contributed by atoms with Gasteiger partial charge in [0.25, 0.3) is 0 Å². The Balaban J connectivity index is 0. The molecule has 0 aromatic heterocycles. The number of carbonyl (C=O) groups excluding carboxylic acids is 1. The summed E-state index contributed by atoms with van der Waals surface area (Å²) in [5, 5.41) is 0. The number of carbonyl (C=O) groups is 1. The topological polar surface area (TPSA) is 20.3 Å². The van der Waals surface area contributed by atoms with Gasteiger partial charge in [0.2, 0.25) is 5.91 Å². The molecular weight excluding hydrogens is 177 g/mol. The van der Waals surface area contributed by atoms with E-state index in [-0.39, 0.29) is 35.8 Å². The quantitative estimate of drug-likeness (QED) is 0.345. The molecule has 0 aromatic rings. The summed E-state index contributed by atoms with van der Waals surface area (Å²) in [5.41, 5.74) is 0. The molecule has 1 aliphatic rings. The molecule has 1 heterocycles. The first kappa shape index (κ1) is 12.2. The van der Waals surface area contributed by atoms with Gasteiger partial charge in [-0.25, -0.2) is 0 Å². The number of rotatable bonds is 0. The van der Waals surface area contributed by atoms with Crippen molar-refractivity contribution in [2.75, 3.05) is 13.6 Å². The predicted molar refractivity (Wildman–Crippen MR) is 26.9 cm³/mol. The van der Waals surface area contributed by atoms with Gasteiger partial charge in [0, 0.05) is 20.0 Å². The smallest absolute Gasteiger partial charge is 1.00 e. The van der Waals surface area contributed by atoms with Crippen molar-refractivity contribution >= 4 is 5.91 Å². The Labute approximate surface area is 77.9 Å². The van der Waals surface area contributed by atoms with Crippen molar-refractivity contribution in [1.29, 1.82) is 0 Å². The molecule has 0 spiro atoms. The van der Waals surface area contributed by atoms with Gasteiger partial charge in [0.05, 0.1) is 0 Å². The molecule has 0 saturated carbocycles. The van der Waals surface area contributed by atoms with Crippen LogP contribution < -0.4 is 35.8 Å². The van der Waals surface area contributed by atoms with Gasteiger partial charge in [-0.1, -0.05) is 0 Å². The first-order valence-electron chi connectivity index (χ1n) is 2.54. The van der Waals surface area contributed by atoms with Crippen LogP contribution in [-0.2, 0) is 4.79 Å². The van der Waals surface area contributed by atoms with Gasteiger partial charge in [-0.05, 0) is 6.42 Å². The van der Waals surface area contributed by atoms with Crippen LogP contribution in [0.3, 0.4) is 0 Å². The number of amides is 1. The van der Waals surface area contributed by atoms with E-state index < -0.39 is 0 Å². The maximum atomic E-state index is 10.5. The van der Waals surface area contributed by atoms with Crippen molar-refractivity contribution in [2.24, 2.45) is 0 Å². The van der Waals surface area contributed by atoms with E-state index in [1.165, 1.54) is 0 Å². The van der Waals surface area contributed by atoms with Crippen molar-refractivity contribution in [3.8, 4) is 0 Å². The van der Waals surface area contributed by atoms with E-state index in [1.54, 1.807) is 4.90 Å². The number of hydrogen-bond donors (Lipinski definition) is 0. The Morgan fingerprint density at radius 3 is 2.22 bits per heavy atom. The molecule has 1 fully saturated rings. The molecule has 1 amide bonds. The van der Waals surface area contributed by atoms with E-state index in [0.29, 0.717) is 5.91 Å². The van der Waals surface area contributed by atoms with E-state index in [9.17, 15) is 4.79 Å². The molecule has 0 atom stereocenters. The third-order valence-corrected chi connectivity index (χ3v) is 1.31. The van der Waals surface area contributed by atoms with Gasteiger partial charge < -0.3 is 21.9 Å². The molecule has 0 radical (unpaired) electrons. The molecule has 0 unspecified atom stereocenters. The summed E-state index contributed by atoms with van der Waals surface area (Å²) in [6.45, 7) is 0.957. The zero-order chi connectivity index (χ0) is 5.28. The van der Waals surface area contributed by atoms with E-state index in [0.717, 1.165) is 19.4 Å². The average Bonchev–Trinajstić information content (AvgIpc) is 1.91. The maximum Gasteiger partial charge on any atom is 1.00 e. The molecule has 0 aromatic carbocycles. The van der Waals surface area contributed by atoms with Crippen LogP contribution in [0.1, 0.15) is 12.8 Å². The van der Waals surface area contributed by atoms with Crippen molar-refractivity contribution in [2.45, 2.75) is 12.8 Å².